The van der Waals surface area contributed by atoms with Gasteiger partial charge in [-0.15, -0.1) is 0 Å². The van der Waals surface area contributed by atoms with E-state index in [1.807, 2.05) is 30.3 Å². The molecule has 0 aromatic heterocycles. The van der Waals surface area contributed by atoms with Gasteiger partial charge in [0.15, 0.2) is 12.1 Å². The van der Waals surface area contributed by atoms with E-state index >= 15 is 0 Å². The van der Waals surface area contributed by atoms with Crippen molar-refractivity contribution in [2.24, 2.45) is 10.3 Å². The minimum Gasteiger partial charge on any atom is -0.495 e. The number of amides is 2. The summed E-state index contributed by atoms with van der Waals surface area (Å²) in [5, 5.41) is 9.94. The Hall–Kier alpha value is -2.93. The van der Waals surface area contributed by atoms with Crippen LogP contribution in [0.3, 0.4) is 0 Å². The minimum atomic E-state index is -0.827. The quantitative estimate of drug-likeness (QED) is 0.775. The van der Waals surface area contributed by atoms with Crippen LogP contribution in [-0.4, -0.2) is 36.0 Å². The van der Waals surface area contributed by atoms with E-state index < -0.39 is 18.0 Å². The lowest BCUT2D eigenvalue weighted by Crippen LogP contribution is -2.39. The number of ether oxygens (including phenoxy) is 1. The number of benzene rings is 2. The normalized spacial score (nSPS) is 21.5. The number of halogens is 1. The molecule has 7 nitrogen and oxygen atoms in total. The molecule has 1 saturated heterocycles. The number of carbonyl (C=O) groups is 2. The van der Waals surface area contributed by atoms with Gasteiger partial charge in [0.05, 0.1) is 24.4 Å². The molecule has 2 amide bonds. The van der Waals surface area contributed by atoms with Gasteiger partial charge in [0, 0.05) is 0 Å². The van der Waals surface area contributed by atoms with Gasteiger partial charge in [-0.1, -0.05) is 47.2 Å². The highest BCUT2D eigenvalue weighted by Gasteiger charge is 2.54. The highest BCUT2D eigenvalue weighted by molar-refractivity contribution is 6.33. The van der Waals surface area contributed by atoms with Crippen molar-refractivity contribution >= 4 is 29.1 Å². The summed E-state index contributed by atoms with van der Waals surface area (Å²) in [7, 11) is 1.50. The summed E-state index contributed by atoms with van der Waals surface area (Å²) in [5.41, 5.74) is 1.38. The second kappa shape index (κ2) is 6.42. The maximum atomic E-state index is 12.9. The predicted octanol–water partition coefficient (Wildman–Crippen LogP) is 2.84. The molecule has 0 saturated carbocycles. The number of nitrogens with zero attached hydrogens (tertiary/aromatic N) is 4. The van der Waals surface area contributed by atoms with Crippen molar-refractivity contribution in [2.75, 3.05) is 12.0 Å². The number of imide groups is 1. The molecule has 0 N–H and O–H groups in total. The van der Waals surface area contributed by atoms with Crippen molar-refractivity contribution < 1.29 is 14.3 Å². The number of carbonyl (C=O) groups excluding carboxylic acids is 2. The molecule has 26 heavy (non-hydrogen) atoms. The summed E-state index contributed by atoms with van der Waals surface area (Å²) in [4.78, 5) is 26.8. The van der Waals surface area contributed by atoms with Crippen LogP contribution in [0, 0.1) is 0 Å². The summed E-state index contributed by atoms with van der Waals surface area (Å²) in [6.07, 6.45) is 0. The molecule has 2 atom stereocenters. The highest BCUT2D eigenvalue weighted by atomic mass is 35.5. The van der Waals surface area contributed by atoms with E-state index in [-0.39, 0.29) is 5.91 Å². The van der Waals surface area contributed by atoms with Crippen LogP contribution in [0.5, 0.6) is 5.75 Å². The second-order valence-electron chi connectivity index (χ2n) is 6.01. The Kier molecular flexibility index (Phi) is 4.08. The first-order chi connectivity index (χ1) is 12.6. The first kappa shape index (κ1) is 16.5. The molecular weight excluding hydrogens is 356 g/mol. The third kappa shape index (κ3) is 2.61. The Labute approximate surface area is 154 Å². The maximum absolute atomic E-state index is 12.9. The number of anilines is 1. The molecule has 2 aromatic rings. The Morgan fingerprint density at radius 2 is 1.88 bits per heavy atom. The number of hydrogen-bond donors (Lipinski definition) is 0. The zero-order valence-corrected chi connectivity index (χ0v) is 14.6. The van der Waals surface area contributed by atoms with E-state index in [1.54, 1.807) is 17.1 Å². The van der Waals surface area contributed by atoms with Crippen molar-refractivity contribution in [3.05, 3.63) is 59.1 Å². The maximum Gasteiger partial charge on any atom is 0.263 e. The second-order valence-corrected chi connectivity index (χ2v) is 6.42. The molecule has 0 spiro atoms. The average Bonchev–Trinajstić information content (AvgIpc) is 3.16. The number of methoxy groups -OCH3 is 1. The molecule has 0 bridgehead atoms. The number of fused-ring (bicyclic) bond motifs is 1. The van der Waals surface area contributed by atoms with Gasteiger partial charge in [-0.3, -0.25) is 14.6 Å². The molecule has 8 heteroatoms. The van der Waals surface area contributed by atoms with Crippen LogP contribution in [0.1, 0.15) is 5.56 Å². The lowest BCUT2D eigenvalue weighted by molar-refractivity contribution is -0.123. The minimum absolute atomic E-state index is 0.324. The van der Waals surface area contributed by atoms with Crippen LogP contribution in [0.4, 0.5) is 5.69 Å². The third-order valence-corrected chi connectivity index (χ3v) is 4.73. The molecule has 0 unspecified atom stereocenters. The van der Waals surface area contributed by atoms with Gasteiger partial charge >= 0.3 is 0 Å². The van der Waals surface area contributed by atoms with Gasteiger partial charge < -0.3 is 4.74 Å². The smallest absolute Gasteiger partial charge is 0.263 e. The Morgan fingerprint density at radius 1 is 1.12 bits per heavy atom. The van der Waals surface area contributed by atoms with Gasteiger partial charge in [0.1, 0.15) is 5.75 Å². The van der Waals surface area contributed by atoms with Crippen LogP contribution in [0.15, 0.2) is 58.9 Å². The Bertz CT molecular complexity index is 903. The van der Waals surface area contributed by atoms with Crippen LogP contribution >= 0.6 is 11.6 Å². The van der Waals surface area contributed by atoms with Gasteiger partial charge in [0.25, 0.3) is 11.8 Å². The molecule has 0 radical (unpaired) electrons. The SMILES string of the molecule is COc1ccc(N2C(=O)[C@H]3N=NN(Cc4ccccc4)[C@@H]3C2=O)cc1Cl. The van der Waals surface area contributed by atoms with E-state index in [4.69, 9.17) is 16.3 Å². The van der Waals surface area contributed by atoms with Crippen molar-refractivity contribution in [2.45, 2.75) is 18.6 Å². The molecule has 0 aliphatic carbocycles. The summed E-state index contributed by atoms with van der Waals surface area (Å²) in [6, 6.07) is 12.8. The van der Waals surface area contributed by atoms with Crippen LogP contribution < -0.4 is 9.64 Å². The molecule has 2 aromatic carbocycles. The van der Waals surface area contributed by atoms with Crippen LogP contribution in [0.2, 0.25) is 5.02 Å². The summed E-state index contributed by atoms with van der Waals surface area (Å²) in [6.45, 7) is 0.404. The summed E-state index contributed by atoms with van der Waals surface area (Å²) in [5.74, 6) is -0.289. The zero-order valence-electron chi connectivity index (χ0n) is 13.9. The van der Waals surface area contributed by atoms with E-state index in [1.165, 1.54) is 13.2 Å². The van der Waals surface area contributed by atoms with E-state index in [2.05, 4.69) is 10.3 Å². The van der Waals surface area contributed by atoms with E-state index in [9.17, 15) is 9.59 Å². The number of hydrogen-bond acceptors (Lipinski definition) is 6. The molecular formula is C18H15ClN4O3. The lowest BCUT2D eigenvalue weighted by atomic mass is 10.1. The largest absolute Gasteiger partial charge is 0.495 e. The molecule has 2 aliphatic heterocycles. The monoisotopic (exact) mass is 370 g/mol. The lowest BCUT2D eigenvalue weighted by Gasteiger charge is -2.21. The van der Waals surface area contributed by atoms with Crippen molar-refractivity contribution in [1.29, 1.82) is 0 Å². The van der Waals surface area contributed by atoms with E-state index in [0.29, 0.717) is 23.0 Å². The highest BCUT2D eigenvalue weighted by Crippen LogP contribution is 2.35. The average molecular weight is 371 g/mol. The first-order valence-electron chi connectivity index (χ1n) is 8.03. The molecule has 1 fully saturated rings. The van der Waals surface area contributed by atoms with Crippen molar-refractivity contribution in [3.63, 3.8) is 0 Å². The topological polar surface area (TPSA) is 74.6 Å². The summed E-state index contributed by atoms with van der Waals surface area (Å²) < 4.78 is 5.11. The summed E-state index contributed by atoms with van der Waals surface area (Å²) >= 11 is 6.13. The van der Waals surface area contributed by atoms with Gasteiger partial charge in [-0.25, -0.2) is 4.90 Å². The fourth-order valence-corrected chi connectivity index (χ4v) is 3.43. The van der Waals surface area contributed by atoms with Gasteiger partial charge in [-0.2, -0.15) is 5.11 Å². The standard InChI is InChI=1S/C18H15ClN4O3/c1-26-14-8-7-12(9-13(14)19)23-17(24)15-16(18(23)25)22(21-20-15)10-11-5-3-2-4-6-11/h2-9,15-16H,10H2,1H3/t15-,16-/m0/s1. The molecule has 4 rings (SSSR count). The zero-order chi connectivity index (χ0) is 18.3. The molecule has 2 aliphatic rings. The van der Waals surface area contributed by atoms with Crippen LogP contribution in [0.25, 0.3) is 0 Å². The predicted molar refractivity (Wildman–Crippen MR) is 94.9 cm³/mol. The fraction of sp³-hybridized carbons (Fsp3) is 0.222. The molecule has 2 heterocycles. The van der Waals surface area contributed by atoms with Gasteiger partial charge in [-0.05, 0) is 23.8 Å². The first-order valence-corrected chi connectivity index (χ1v) is 8.40. The van der Waals surface area contributed by atoms with Gasteiger partial charge in [0.2, 0.25) is 0 Å². The number of rotatable bonds is 4. The molecule has 132 valence electrons. The third-order valence-electron chi connectivity index (χ3n) is 4.44. The Balaban J connectivity index is 1.61. The van der Waals surface area contributed by atoms with E-state index in [0.717, 1.165) is 10.5 Å². The fourth-order valence-electron chi connectivity index (χ4n) is 3.17. The van der Waals surface area contributed by atoms with Crippen molar-refractivity contribution in [1.82, 2.24) is 5.01 Å². The van der Waals surface area contributed by atoms with Crippen LogP contribution in [-0.2, 0) is 16.1 Å². The van der Waals surface area contributed by atoms with Crippen molar-refractivity contribution in [3.8, 4) is 5.75 Å². The Morgan fingerprint density at radius 3 is 2.58 bits per heavy atom.